The predicted molar refractivity (Wildman–Crippen MR) is 104 cm³/mol. The van der Waals surface area contributed by atoms with Crippen LogP contribution >= 0.6 is 0 Å². The van der Waals surface area contributed by atoms with Gasteiger partial charge in [0.2, 0.25) is 0 Å². The molecule has 0 aliphatic heterocycles. The molecular weight excluding hydrogens is 292 g/mol. The molecule has 0 saturated heterocycles. The monoisotopic (exact) mass is 326 g/mol. The zero-order valence-corrected chi connectivity index (χ0v) is 16.2. The maximum atomic E-state index is 2.31. The Morgan fingerprint density at radius 2 is 0.833 bits per heavy atom. The van der Waals surface area contributed by atoms with E-state index >= 15 is 0 Å². The Hall–Kier alpha value is -1.64. The molecule has 2 heteroatoms. The molecule has 0 aromatic heterocycles. The summed E-state index contributed by atoms with van der Waals surface area (Å²) in [5, 5.41) is 0. The Labute approximate surface area is 148 Å². The minimum Gasteiger partial charge on any atom is -0.325 e. The molecule has 2 nitrogen and oxygen atoms in total. The zero-order valence-electron chi connectivity index (χ0n) is 16.2. The van der Waals surface area contributed by atoms with Crippen LogP contribution in [0.25, 0.3) is 0 Å². The van der Waals surface area contributed by atoms with E-state index in [2.05, 4.69) is 103 Å². The summed E-state index contributed by atoms with van der Waals surface area (Å²) >= 11 is 0. The van der Waals surface area contributed by atoms with E-state index < -0.39 is 0 Å². The maximum Gasteiger partial charge on any atom is 0.114 e. The van der Waals surface area contributed by atoms with Crippen LogP contribution in [-0.4, -0.2) is 51.3 Å². The van der Waals surface area contributed by atoms with Gasteiger partial charge in [0.25, 0.3) is 0 Å². The van der Waals surface area contributed by atoms with Crippen molar-refractivity contribution in [3.05, 3.63) is 71.8 Å². The Bertz CT molecular complexity index is 548. The Balaban J connectivity index is 2.23. The molecule has 2 unspecified atom stereocenters. The van der Waals surface area contributed by atoms with Crippen molar-refractivity contribution >= 4 is 0 Å². The van der Waals surface area contributed by atoms with Gasteiger partial charge in [0.1, 0.15) is 12.1 Å². The molecule has 130 valence electrons. The number of hydrogen-bond acceptors (Lipinski definition) is 0. The maximum absolute atomic E-state index is 2.31. The summed E-state index contributed by atoms with van der Waals surface area (Å²) in [5.74, 6) is 0. The molecule has 2 rings (SSSR count). The summed E-state index contributed by atoms with van der Waals surface area (Å²) in [6, 6.07) is 23.0. The molecule has 0 spiro atoms. The number of benzene rings is 2. The lowest BCUT2D eigenvalue weighted by molar-refractivity contribution is -0.910. The summed E-state index contributed by atoms with van der Waals surface area (Å²) in [6.45, 7) is 0. The molecule has 2 atom stereocenters. The molecule has 24 heavy (non-hydrogen) atoms. The van der Waals surface area contributed by atoms with Crippen molar-refractivity contribution in [2.24, 2.45) is 0 Å². The average molecular weight is 327 g/mol. The van der Waals surface area contributed by atoms with Crippen molar-refractivity contribution in [3.8, 4) is 0 Å². The lowest BCUT2D eigenvalue weighted by Gasteiger charge is -2.38. The smallest absolute Gasteiger partial charge is 0.114 e. The molecule has 0 bridgehead atoms. The van der Waals surface area contributed by atoms with Crippen LogP contribution in [0.15, 0.2) is 60.7 Å². The highest BCUT2D eigenvalue weighted by Crippen LogP contribution is 2.35. The van der Waals surface area contributed by atoms with Gasteiger partial charge in [-0.15, -0.1) is 0 Å². The van der Waals surface area contributed by atoms with E-state index in [9.17, 15) is 0 Å². The van der Waals surface area contributed by atoms with Gasteiger partial charge < -0.3 is 8.97 Å². The molecule has 0 aliphatic carbocycles. The van der Waals surface area contributed by atoms with E-state index in [0.29, 0.717) is 12.1 Å². The summed E-state index contributed by atoms with van der Waals surface area (Å²) in [5.41, 5.74) is 2.89. The van der Waals surface area contributed by atoms with Gasteiger partial charge in [-0.2, -0.15) is 0 Å². The number of hydrogen-bond donors (Lipinski definition) is 0. The fraction of sp³-hybridized carbons (Fsp3) is 0.455. The van der Waals surface area contributed by atoms with Gasteiger partial charge in [-0.3, -0.25) is 0 Å². The van der Waals surface area contributed by atoms with E-state index in [-0.39, 0.29) is 0 Å². The molecule has 0 amide bonds. The first kappa shape index (κ1) is 18.7. The van der Waals surface area contributed by atoms with Crippen LogP contribution in [0.5, 0.6) is 0 Å². The van der Waals surface area contributed by atoms with E-state index in [1.807, 2.05) is 0 Å². The first-order valence-electron chi connectivity index (χ1n) is 8.91. The summed E-state index contributed by atoms with van der Waals surface area (Å²) in [7, 11) is 13.8. The zero-order chi connectivity index (χ0) is 17.8. The molecule has 2 aromatic rings. The standard InChI is InChI=1S/C22H34N2/c1-23(2,3)21(19-13-9-7-10-14-19)17-18-22(24(4,5)6)20-15-11-8-12-16-20/h7-16,21-22H,17-18H2,1-6H3/q+2. The quantitative estimate of drug-likeness (QED) is 0.649. The second-order valence-electron chi connectivity index (χ2n) is 8.66. The van der Waals surface area contributed by atoms with Crippen molar-refractivity contribution in [1.29, 1.82) is 0 Å². The molecular formula is C22H34N2+2. The fourth-order valence-corrected chi connectivity index (χ4v) is 3.67. The highest BCUT2D eigenvalue weighted by molar-refractivity contribution is 5.19. The first-order valence-corrected chi connectivity index (χ1v) is 8.91. The molecule has 0 aliphatic rings. The summed E-state index contributed by atoms with van der Waals surface area (Å²) in [4.78, 5) is 0. The second-order valence-corrected chi connectivity index (χ2v) is 8.66. The van der Waals surface area contributed by atoms with Gasteiger partial charge >= 0.3 is 0 Å². The number of nitrogens with zero attached hydrogens (tertiary/aromatic N) is 2. The summed E-state index contributed by atoms with van der Waals surface area (Å²) in [6.07, 6.45) is 2.37. The van der Waals surface area contributed by atoms with E-state index in [1.54, 1.807) is 0 Å². The predicted octanol–water partition coefficient (Wildman–Crippen LogP) is 4.66. The van der Waals surface area contributed by atoms with Crippen molar-refractivity contribution in [2.75, 3.05) is 42.3 Å². The van der Waals surface area contributed by atoms with Crippen LogP contribution in [0.4, 0.5) is 0 Å². The highest BCUT2D eigenvalue weighted by Gasteiger charge is 2.31. The van der Waals surface area contributed by atoms with Crippen LogP contribution in [0.1, 0.15) is 36.1 Å². The average Bonchev–Trinajstić information content (AvgIpc) is 2.51. The molecule has 0 saturated carbocycles. The van der Waals surface area contributed by atoms with E-state index in [1.165, 1.54) is 24.0 Å². The lowest BCUT2D eigenvalue weighted by atomic mass is 9.93. The first-order chi connectivity index (χ1) is 11.2. The van der Waals surface area contributed by atoms with Crippen LogP contribution in [0.2, 0.25) is 0 Å². The van der Waals surface area contributed by atoms with Crippen molar-refractivity contribution in [2.45, 2.75) is 24.9 Å². The van der Waals surface area contributed by atoms with Gasteiger partial charge in [-0.1, -0.05) is 60.7 Å². The topological polar surface area (TPSA) is 0 Å². The van der Waals surface area contributed by atoms with Crippen LogP contribution in [-0.2, 0) is 0 Å². The molecule has 0 heterocycles. The minimum absolute atomic E-state index is 0.518. The third-order valence-electron chi connectivity index (χ3n) is 4.95. The fourth-order valence-electron chi connectivity index (χ4n) is 3.67. The van der Waals surface area contributed by atoms with Gasteiger partial charge in [0.15, 0.2) is 0 Å². The number of rotatable bonds is 7. The Morgan fingerprint density at radius 3 is 1.08 bits per heavy atom. The molecule has 0 radical (unpaired) electrons. The van der Waals surface area contributed by atoms with Gasteiger partial charge in [0.05, 0.1) is 42.3 Å². The summed E-state index contributed by atoms with van der Waals surface area (Å²) < 4.78 is 1.92. The SMILES string of the molecule is C[N+](C)(C)C(CCC(c1ccccc1)[N+](C)(C)C)c1ccccc1. The molecule has 2 aromatic carbocycles. The van der Waals surface area contributed by atoms with Crippen molar-refractivity contribution in [3.63, 3.8) is 0 Å². The van der Waals surface area contributed by atoms with Gasteiger partial charge in [0, 0.05) is 24.0 Å². The Morgan fingerprint density at radius 1 is 0.542 bits per heavy atom. The van der Waals surface area contributed by atoms with E-state index in [4.69, 9.17) is 0 Å². The highest BCUT2D eigenvalue weighted by atomic mass is 15.3. The normalized spacial score (nSPS) is 15.1. The molecule has 0 N–H and O–H groups in total. The number of quaternary nitrogens is 2. The van der Waals surface area contributed by atoms with Crippen molar-refractivity contribution in [1.82, 2.24) is 0 Å². The van der Waals surface area contributed by atoms with E-state index in [0.717, 1.165) is 8.97 Å². The van der Waals surface area contributed by atoms with Crippen LogP contribution in [0, 0.1) is 0 Å². The lowest BCUT2D eigenvalue weighted by Crippen LogP contribution is -2.42. The van der Waals surface area contributed by atoms with Gasteiger partial charge in [-0.25, -0.2) is 0 Å². The van der Waals surface area contributed by atoms with Gasteiger partial charge in [-0.05, 0) is 0 Å². The van der Waals surface area contributed by atoms with Crippen LogP contribution in [0.3, 0.4) is 0 Å². The third kappa shape index (κ3) is 4.93. The molecule has 0 fully saturated rings. The Kier molecular flexibility index (Phi) is 5.84. The van der Waals surface area contributed by atoms with Crippen molar-refractivity contribution < 1.29 is 8.97 Å². The largest absolute Gasteiger partial charge is 0.325 e. The van der Waals surface area contributed by atoms with Crippen LogP contribution < -0.4 is 0 Å². The third-order valence-corrected chi connectivity index (χ3v) is 4.95. The second kappa shape index (κ2) is 7.50. The minimum atomic E-state index is 0.518.